The standard InChI is InChI=1S/C45H36O10/c1-51-41(46)31-16-6-26(7-17-31)36-37(27-8-18-32(19-9-27)42(47)52-2)39(29-12-22-34(23-13-29)44(49)54-4)40(30-14-24-35(25-15-30)45(50)55-5)38(36)28-10-20-33(21-11-28)43(48)53-3/h6-25,36H,1-5H3. The second kappa shape index (κ2) is 16.3. The van der Waals surface area contributed by atoms with Crippen molar-refractivity contribution in [1.29, 1.82) is 0 Å². The summed E-state index contributed by atoms with van der Waals surface area (Å²) in [5.74, 6) is -2.96. The maximum atomic E-state index is 12.5. The van der Waals surface area contributed by atoms with E-state index >= 15 is 0 Å². The Hall–Kier alpha value is -7.07. The maximum Gasteiger partial charge on any atom is 0.337 e. The van der Waals surface area contributed by atoms with Crippen LogP contribution in [0.15, 0.2) is 121 Å². The van der Waals surface area contributed by atoms with Gasteiger partial charge in [0.1, 0.15) is 0 Å². The predicted molar refractivity (Wildman–Crippen MR) is 205 cm³/mol. The summed E-state index contributed by atoms with van der Waals surface area (Å²) in [4.78, 5) is 62.6. The van der Waals surface area contributed by atoms with Crippen molar-refractivity contribution < 1.29 is 47.7 Å². The molecule has 0 saturated heterocycles. The lowest BCUT2D eigenvalue weighted by Gasteiger charge is -2.22. The lowest BCUT2D eigenvalue weighted by Crippen LogP contribution is -2.07. The van der Waals surface area contributed by atoms with Crippen LogP contribution in [0.25, 0.3) is 22.3 Å². The number of methoxy groups -OCH3 is 5. The van der Waals surface area contributed by atoms with Crippen LogP contribution in [0.3, 0.4) is 0 Å². The van der Waals surface area contributed by atoms with Crippen LogP contribution in [0.1, 0.15) is 85.5 Å². The molecular weight excluding hydrogens is 700 g/mol. The van der Waals surface area contributed by atoms with Crippen LogP contribution in [-0.2, 0) is 23.7 Å². The van der Waals surface area contributed by atoms with Crippen LogP contribution < -0.4 is 0 Å². The fraction of sp³-hybridized carbons (Fsp3) is 0.133. The van der Waals surface area contributed by atoms with Crippen molar-refractivity contribution in [3.05, 3.63) is 177 Å². The van der Waals surface area contributed by atoms with E-state index in [0.29, 0.717) is 27.8 Å². The maximum absolute atomic E-state index is 12.5. The van der Waals surface area contributed by atoms with E-state index in [9.17, 15) is 24.0 Å². The third kappa shape index (κ3) is 7.43. The van der Waals surface area contributed by atoms with Gasteiger partial charge in [0.2, 0.25) is 0 Å². The van der Waals surface area contributed by atoms with Gasteiger partial charge in [0.05, 0.1) is 63.4 Å². The second-order valence-corrected chi connectivity index (χ2v) is 12.4. The molecule has 5 aromatic rings. The minimum Gasteiger partial charge on any atom is -0.465 e. The first-order valence-electron chi connectivity index (χ1n) is 17.1. The highest BCUT2D eigenvalue weighted by Crippen LogP contribution is 2.58. The summed E-state index contributed by atoms with van der Waals surface area (Å²) in [6, 6.07) is 35.4. The first-order chi connectivity index (χ1) is 26.6. The van der Waals surface area contributed by atoms with Gasteiger partial charge in [0, 0.05) is 5.92 Å². The molecule has 0 saturated carbocycles. The van der Waals surface area contributed by atoms with E-state index in [1.165, 1.54) is 35.5 Å². The van der Waals surface area contributed by atoms with Crippen LogP contribution in [0.2, 0.25) is 0 Å². The van der Waals surface area contributed by atoms with E-state index in [0.717, 1.165) is 50.1 Å². The van der Waals surface area contributed by atoms with Crippen molar-refractivity contribution in [3.8, 4) is 0 Å². The number of benzene rings is 5. The van der Waals surface area contributed by atoms with Crippen LogP contribution >= 0.6 is 0 Å². The van der Waals surface area contributed by atoms with Crippen molar-refractivity contribution >= 4 is 52.1 Å². The molecule has 5 aromatic carbocycles. The van der Waals surface area contributed by atoms with Crippen molar-refractivity contribution in [1.82, 2.24) is 0 Å². The number of rotatable bonds is 10. The molecule has 10 nitrogen and oxygen atoms in total. The molecule has 10 heteroatoms. The number of hydrogen-bond acceptors (Lipinski definition) is 10. The Morgan fingerprint density at radius 1 is 0.327 bits per heavy atom. The molecule has 0 aliphatic heterocycles. The molecule has 55 heavy (non-hydrogen) atoms. The minimum absolute atomic E-state index is 0.357. The summed E-state index contributed by atoms with van der Waals surface area (Å²) in [5, 5.41) is 0. The van der Waals surface area contributed by atoms with E-state index < -0.39 is 35.8 Å². The lowest BCUT2D eigenvalue weighted by molar-refractivity contribution is 0.0592. The molecule has 0 radical (unpaired) electrons. The molecule has 0 N–H and O–H groups in total. The molecule has 6 rings (SSSR count). The molecule has 0 unspecified atom stereocenters. The van der Waals surface area contributed by atoms with Gasteiger partial charge in [-0.3, -0.25) is 0 Å². The molecule has 0 aromatic heterocycles. The summed E-state index contributed by atoms with van der Waals surface area (Å²) in [6.07, 6.45) is 0. The Labute approximate surface area is 317 Å². The van der Waals surface area contributed by atoms with Gasteiger partial charge in [-0.2, -0.15) is 0 Å². The molecule has 0 fully saturated rings. The van der Waals surface area contributed by atoms with Crippen LogP contribution in [0.5, 0.6) is 0 Å². The molecule has 1 aliphatic rings. The highest BCUT2D eigenvalue weighted by molar-refractivity contribution is 6.30. The second-order valence-electron chi connectivity index (χ2n) is 12.4. The van der Waals surface area contributed by atoms with Gasteiger partial charge in [-0.05, 0) is 111 Å². The van der Waals surface area contributed by atoms with Crippen LogP contribution in [0, 0.1) is 0 Å². The molecular formula is C45H36O10. The first kappa shape index (κ1) is 37.7. The van der Waals surface area contributed by atoms with E-state index in [1.807, 2.05) is 60.7 Å². The van der Waals surface area contributed by atoms with Gasteiger partial charge in [-0.25, -0.2) is 24.0 Å². The predicted octanol–water partition coefficient (Wildman–Crippen LogP) is 7.94. The Bertz CT molecular complexity index is 2190. The Kier molecular flexibility index (Phi) is 11.2. The van der Waals surface area contributed by atoms with E-state index in [1.54, 1.807) is 60.7 Å². The SMILES string of the molecule is COC(=O)c1ccc(C2=C(c3ccc(C(=O)OC)cc3)C(c3ccc(C(=O)OC)cc3)C(c3ccc(C(=O)OC)cc3)=C2c2ccc(C(=O)OC)cc2)cc1. The van der Waals surface area contributed by atoms with E-state index in [-0.39, 0.29) is 0 Å². The van der Waals surface area contributed by atoms with Crippen molar-refractivity contribution in [2.24, 2.45) is 0 Å². The van der Waals surface area contributed by atoms with E-state index in [4.69, 9.17) is 23.7 Å². The fourth-order valence-corrected chi connectivity index (χ4v) is 6.78. The molecule has 276 valence electrons. The molecule has 1 aliphatic carbocycles. The van der Waals surface area contributed by atoms with Crippen LogP contribution in [-0.4, -0.2) is 65.4 Å². The van der Waals surface area contributed by atoms with Crippen LogP contribution in [0.4, 0.5) is 0 Å². The summed E-state index contributed by atoms with van der Waals surface area (Å²) < 4.78 is 24.9. The minimum atomic E-state index is -0.509. The molecule has 0 bridgehead atoms. The average Bonchev–Trinajstić information content (AvgIpc) is 3.61. The van der Waals surface area contributed by atoms with Crippen molar-refractivity contribution in [2.75, 3.05) is 35.5 Å². The first-order valence-corrected chi connectivity index (χ1v) is 17.1. The van der Waals surface area contributed by atoms with Gasteiger partial charge in [0.25, 0.3) is 0 Å². The third-order valence-electron chi connectivity index (χ3n) is 9.45. The Morgan fingerprint density at radius 2 is 0.545 bits per heavy atom. The number of allylic oxidation sites excluding steroid dienone is 4. The Balaban J connectivity index is 1.73. The van der Waals surface area contributed by atoms with Gasteiger partial charge < -0.3 is 23.7 Å². The highest BCUT2D eigenvalue weighted by atomic mass is 16.5. The fourth-order valence-electron chi connectivity index (χ4n) is 6.78. The van der Waals surface area contributed by atoms with Gasteiger partial charge in [0.15, 0.2) is 0 Å². The average molecular weight is 737 g/mol. The zero-order chi connectivity index (χ0) is 39.2. The van der Waals surface area contributed by atoms with Crippen molar-refractivity contribution in [3.63, 3.8) is 0 Å². The number of ether oxygens (including phenoxy) is 5. The van der Waals surface area contributed by atoms with Gasteiger partial charge >= 0.3 is 29.8 Å². The number of carbonyl (C=O) groups is 5. The largest absolute Gasteiger partial charge is 0.465 e. The summed E-state index contributed by atoms with van der Waals surface area (Å²) in [7, 11) is 6.59. The number of esters is 5. The van der Waals surface area contributed by atoms with Gasteiger partial charge in [-0.15, -0.1) is 0 Å². The summed E-state index contributed by atoms with van der Waals surface area (Å²) >= 11 is 0. The molecule has 0 spiro atoms. The van der Waals surface area contributed by atoms with Crippen molar-refractivity contribution in [2.45, 2.75) is 5.92 Å². The third-order valence-corrected chi connectivity index (χ3v) is 9.45. The molecule has 0 heterocycles. The number of hydrogen-bond donors (Lipinski definition) is 0. The molecule has 0 atom stereocenters. The highest BCUT2D eigenvalue weighted by Gasteiger charge is 2.38. The zero-order valence-electron chi connectivity index (χ0n) is 30.7. The number of carbonyl (C=O) groups excluding carboxylic acids is 5. The monoisotopic (exact) mass is 736 g/mol. The summed E-state index contributed by atoms with van der Waals surface area (Å²) in [6.45, 7) is 0. The van der Waals surface area contributed by atoms with E-state index in [2.05, 4.69) is 0 Å². The smallest absolute Gasteiger partial charge is 0.337 e. The molecule has 0 amide bonds. The normalized spacial score (nSPS) is 12.6. The lowest BCUT2D eigenvalue weighted by atomic mass is 9.80. The topological polar surface area (TPSA) is 132 Å². The quantitative estimate of drug-likeness (QED) is 0.103. The van der Waals surface area contributed by atoms with Gasteiger partial charge in [-0.1, -0.05) is 60.7 Å². The summed E-state index contributed by atoms with van der Waals surface area (Å²) in [5.41, 5.74) is 8.93. The zero-order valence-corrected chi connectivity index (χ0v) is 30.7. The Morgan fingerprint density at radius 3 is 0.782 bits per heavy atom.